The Kier molecular flexibility index (Phi) is 6.63. The minimum absolute atomic E-state index is 0.560. The van der Waals surface area contributed by atoms with Gasteiger partial charge in [0.2, 0.25) is 0 Å². The van der Waals surface area contributed by atoms with Gasteiger partial charge in [-0.05, 0) is 59.3 Å². The van der Waals surface area contributed by atoms with Crippen LogP contribution in [0.2, 0.25) is 0 Å². The van der Waals surface area contributed by atoms with Crippen LogP contribution in [0.5, 0.6) is 0 Å². The van der Waals surface area contributed by atoms with Gasteiger partial charge in [-0.25, -0.2) is 15.0 Å². The lowest BCUT2D eigenvalue weighted by molar-refractivity contribution is 0.672. The van der Waals surface area contributed by atoms with Crippen LogP contribution in [-0.2, 0) is 0 Å². The van der Waals surface area contributed by atoms with Gasteiger partial charge in [0.15, 0.2) is 17.5 Å². The van der Waals surface area contributed by atoms with E-state index < -0.39 is 0 Å². The van der Waals surface area contributed by atoms with E-state index in [-0.39, 0.29) is 0 Å². The van der Waals surface area contributed by atoms with Crippen LogP contribution in [0.1, 0.15) is 0 Å². The third-order valence-electron chi connectivity index (χ3n) is 11.8. The van der Waals surface area contributed by atoms with Gasteiger partial charge in [0.1, 0.15) is 22.3 Å². The molecule has 0 atom stereocenters. The molecule has 6 nitrogen and oxygen atoms in total. The molecule has 0 fully saturated rings. The fraction of sp³-hybridized carbons (Fsp3) is 0. The molecule has 0 saturated carbocycles. The molecule has 0 spiro atoms. The van der Waals surface area contributed by atoms with E-state index in [4.69, 9.17) is 23.8 Å². The summed E-state index contributed by atoms with van der Waals surface area (Å²) < 4.78 is 15.6. The molecule has 13 aromatic rings. The van der Waals surface area contributed by atoms with Crippen molar-refractivity contribution in [3.63, 3.8) is 0 Å². The standard InChI is InChI=1S/C53H30N4O2/c1-2-16-34(17-3-1)57-43-23-11-8-20-37(43)38-27-26-33(30-44(38)57)51-54-52(41-28-31-14-4-6-18-35(31)49-47(41)39-21-9-12-24-45(39)58-49)56-53(55-51)42-29-32-15-5-7-19-36(32)50-48(42)40-22-10-13-25-46(40)59-50/h1-30H. The van der Waals surface area contributed by atoms with E-state index in [1.165, 1.54) is 5.39 Å². The van der Waals surface area contributed by atoms with Gasteiger partial charge in [0.05, 0.1) is 11.0 Å². The number of hydrogen-bond acceptors (Lipinski definition) is 5. The average Bonchev–Trinajstić information content (AvgIpc) is 3.99. The van der Waals surface area contributed by atoms with Crippen LogP contribution in [0, 0.1) is 0 Å². The monoisotopic (exact) mass is 754 g/mol. The molecule has 59 heavy (non-hydrogen) atoms. The zero-order valence-electron chi connectivity index (χ0n) is 31.4. The first-order valence-electron chi connectivity index (χ1n) is 19.8. The van der Waals surface area contributed by atoms with Crippen molar-refractivity contribution >= 4 is 87.2 Å². The van der Waals surface area contributed by atoms with Crippen LogP contribution in [0.15, 0.2) is 191 Å². The largest absolute Gasteiger partial charge is 0.455 e. The van der Waals surface area contributed by atoms with Gasteiger partial charge < -0.3 is 13.4 Å². The van der Waals surface area contributed by atoms with Gasteiger partial charge in [0, 0.05) is 65.5 Å². The van der Waals surface area contributed by atoms with Crippen LogP contribution < -0.4 is 0 Å². The lowest BCUT2D eigenvalue weighted by Crippen LogP contribution is -2.01. The number of benzene rings is 9. The Morgan fingerprint density at radius 3 is 1.44 bits per heavy atom. The van der Waals surface area contributed by atoms with Gasteiger partial charge in [-0.1, -0.05) is 133 Å². The summed E-state index contributed by atoms with van der Waals surface area (Å²) in [6, 6.07) is 63.1. The van der Waals surface area contributed by atoms with Crippen molar-refractivity contribution in [2.24, 2.45) is 0 Å². The third kappa shape index (κ3) is 4.71. The van der Waals surface area contributed by atoms with Crippen LogP contribution in [0.4, 0.5) is 0 Å². The molecule has 0 aliphatic carbocycles. The second-order valence-corrected chi connectivity index (χ2v) is 15.1. The molecule has 274 valence electrons. The first kappa shape index (κ1) is 32.0. The summed E-state index contributed by atoms with van der Waals surface area (Å²) in [4.78, 5) is 16.2. The molecule has 0 unspecified atom stereocenters. The third-order valence-corrected chi connectivity index (χ3v) is 11.8. The zero-order valence-corrected chi connectivity index (χ0v) is 31.4. The highest BCUT2D eigenvalue weighted by Gasteiger charge is 2.24. The number of fused-ring (bicyclic) bond motifs is 13. The van der Waals surface area contributed by atoms with Crippen LogP contribution in [-0.4, -0.2) is 19.5 Å². The molecule has 0 aliphatic heterocycles. The number of nitrogens with zero attached hydrogens (tertiary/aromatic N) is 4. The number of aromatic nitrogens is 4. The van der Waals surface area contributed by atoms with Gasteiger partial charge in [-0.2, -0.15) is 0 Å². The summed E-state index contributed by atoms with van der Waals surface area (Å²) in [5, 5.41) is 10.5. The minimum Gasteiger partial charge on any atom is -0.455 e. The number of furan rings is 2. The van der Waals surface area contributed by atoms with E-state index in [1.807, 2.05) is 24.3 Å². The Bertz CT molecular complexity index is 3690. The molecule has 0 amide bonds. The number of rotatable bonds is 4. The Hall–Kier alpha value is -8.09. The topological polar surface area (TPSA) is 69.9 Å². The summed E-state index contributed by atoms with van der Waals surface area (Å²) in [7, 11) is 0. The van der Waals surface area contributed by atoms with Crippen molar-refractivity contribution in [3.8, 4) is 39.9 Å². The SMILES string of the molecule is c1ccc(-n2c3ccccc3c3ccc(-c4nc(-c5cc6ccccc6c6oc7ccccc7c56)nc(-c5cc6ccccc6c6oc7ccccc7c56)n4)cc32)cc1. The van der Waals surface area contributed by atoms with E-state index in [0.717, 1.165) is 104 Å². The normalized spacial score (nSPS) is 12.1. The molecule has 9 aromatic carbocycles. The van der Waals surface area contributed by atoms with Crippen molar-refractivity contribution in [2.75, 3.05) is 0 Å². The van der Waals surface area contributed by atoms with Gasteiger partial charge in [0.25, 0.3) is 0 Å². The summed E-state index contributed by atoms with van der Waals surface area (Å²) in [5.41, 5.74) is 9.18. The first-order chi connectivity index (χ1) is 29.2. The van der Waals surface area contributed by atoms with Crippen molar-refractivity contribution in [2.45, 2.75) is 0 Å². The lowest BCUT2D eigenvalue weighted by Gasteiger charge is -2.12. The van der Waals surface area contributed by atoms with E-state index >= 15 is 0 Å². The molecular formula is C53H30N4O2. The lowest BCUT2D eigenvalue weighted by atomic mass is 9.98. The predicted molar refractivity (Wildman–Crippen MR) is 240 cm³/mol. The fourth-order valence-electron chi connectivity index (χ4n) is 9.18. The van der Waals surface area contributed by atoms with Gasteiger partial charge in [-0.15, -0.1) is 0 Å². The fourth-order valence-corrected chi connectivity index (χ4v) is 9.18. The van der Waals surface area contributed by atoms with E-state index in [2.05, 4.69) is 162 Å². The molecule has 0 bridgehead atoms. The maximum Gasteiger partial charge on any atom is 0.164 e. The summed E-state index contributed by atoms with van der Waals surface area (Å²) in [6.45, 7) is 0. The van der Waals surface area contributed by atoms with Crippen molar-refractivity contribution < 1.29 is 8.83 Å². The first-order valence-corrected chi connectivity index (χ1v) is 19.8. The summed E-state index contributed by atoms with van der Waals surface area (Å²) in [5.74, 6) is 1.69. The molecular weight excluding hydrogens is 725 g/mol. The summed E-state index contributed by atoms with van der Waals surface area (Å²) in [6.07, 6.45) is 0. The Labute approximate surface area is 336 Å². The van der Waals surface area contributed by atoms with Crippen molar-refractivity contribution in [1.29, 1.82) is 0 Å². The Morgan fingerprint density at radius 2 is 0.831 bits per heavy atom. The number of para-hydroxylation sites is 4. The zero-order chi connectivity index (χ0) is 38.6. The molecule has 0 saturated heterocycles. The summed E-state index contributed by atoms with van der Waals surface area (Å²) >= 11 is 0. The van der Waals surface area contributed by atoms with E-state index in [1.54, 1.807) is 0 Å². The smallest absolute Gasteiger partial charge is 0.164 e. The Morgan fingerprint density at radius 1 is 0.356 bits per heavy atom. The van der Waals surface area contributed by atoms with Crippen LogP contribution >= 0.6 is 0 Å². The molecule has 0 N–H and O–H groups in total. The highest BCUT2D eigenvalue weighted by atomic mass is 16.3. The second-order valence-electron chi connectivity index (χ2n) is 15.1. The number of hydrogen-bond donors (Lipinski definition) is 0. The minimum atomic E-state index is 0.560. The van der Waals surface area contributed by atoms with Crippen LogP contribution in [0.3, 0.4) is 0 Å². The van der Waals surface area contributed by atoms with Gasteiger partial charge in [-0.3, -0.25) is 0 Å². The molecule has 4 heterocycles. The second kappa shape index (κ2) is 12.2. The average molecular weight is 755 g/mol. The molecule has 13 rings (SSSR count). The van der Waals surface area contributed by atoms with Crippen LogP contribution in [0.25, 0.3) is 127 Å². The van der Waals surface area contributed by atoms with Crippen molar-refractivity contribution in [1.82, 2.24) is 19.5 Å². The Balaban J connectivity index is 1.16. The molecule has 0 radical (unpaired) electrons. The predicted octanol–water partition coefficient (Wildman–Crippen LogP) is 14.1. The molecule has 4 aromatic heterocycles. The van der Waals surface area contributed by atoms with E-state index in [0.29, 0.717) is 17.5 Å². The highest BCUT2D eigenvalue weighted by molar-refractivity contribution is 6.22. The van der Waals surface area contributed by atoms with Gasteiger partial charge >= 0.3 is 0 Å². The molecule has 0 aliphatic rings. The maximum absolute atomic E-state index is 6.65. The quantitative estimate of drug-likeness (QED) is 0.179. The van der Waals surface area contributed by atoms with E-state index in [9.17, 15) is 0 Å². The molecule has 6 heteroatoms. The maximum atomic E-state index is 6.65. The van der Waals surface area contributed by atoms with Crippen molar-refractivity contribution in [3.05, 3.63) is 182 Å². The highest BCUT2D eigenvalue weighted by Crippen LogP contribution is 2.44.